The Balaban J connectivity index is 1.41. The van der Waals surface area contributed by atoms with Crippen molar-refractivity contribution in [3.63, 3.8) is 0 Å². The van der Waals surface area contributed by atoms with Crippen LogP contribution in [-0.2, 0) is 17.6 Å². The highest BCUT2D eigenvalue weighted by Crippen LogP contribution is 2.24. The zero-order chi connectivity index (χ0) is 22.8. The first-order chi connectivity index (χ1) is 15.6. The van der Waals surface area contributed by atoms with E-state index in [1.807, 2.05) is 41.3 Å². The Bertz CT molecular complexity index is 901. The van der Waals surface area contributed by atoms with E-state index in [1.165, 1.54) is 5.56 Å². The number of hydrogen-bond acceptors (Lipinski definition) is 4. The maximum atomic E-state index is 12.4. The van der Waals surface area contributed by atoms with Crippen LogP contribution in [0.1, 0.15) is 17.5 Å². The van der Waals surface area contributed by atoms with Crippen molar-refractivity contribution in [3.05, 3.63) is 59.7 Å². The topological polar surface area (TPSA) is 75.2 Å². The predicted octanol–water partition coefficient (Wildman–Crippen LogP) is 2.50. The van der Waals surface area contributed by atoms with Gasteiger partial charge in [-0.1, -0.05) is 30.3 Å². The molecule has 2 aromatic rings. The molecule has 2 aromatic carbocycles. The summed E-state index contributed by atoms with van der Waals surface area (Å²) in [4.78, 5) is 18.7. The lowest BCUT2D eigenvalue weighted by Crippen LogP contribution is -2.41. The van der Waals surface area contributed by atoms with E-state index in [-0.39, 0.29) is 11.8 Å². The Hall–Kier alpha value is -3.22. The average Bonchev–Trinajstić information content (AvgIpc) is 3.19. The van der Waals surface area contributed by atoms with Crippen LogP contribution in [0.3, 0.4) is 0 Å². The lowest BCUT2D eigenvalue weighted by Gasteiger charge is -2.18. The zero-order valence-corrected chi connectivity index (χ0v) is 19.3. The van der Waals surface area contributed by atoms with Crippen LogP contribution in [0.5, 0.6) is 11.5 Å². The second-order valence-corrected chi connectivity index (χ2v) is 7.95. The molecule has 2 N–H and O–H groups in total. The molecule has 0 aliphatic carbocycles. The normalized spacial score (nSPS) is 16.2. The van der Waals surface area contributed by atoms with Gasteiger partial charge in [-0.3, -0.25) is 9.79 Å². The number of aliphatic imine (C=N–C) groups is 1. The van der Waals surface area contributed by atoms with Gasteiger partial charge in [0.15, 0.2) is 5.96 Å². The molecule has 7 nitrogen and oxygen atoms in total. The van der Waals surface area contributed by atoms with Crippen molar-refractivity contribution in [3.8, 4) is 11.5 Å². The van der Waals surface area contributed by atoms with Crippen LogP contribution in [-0.4, -0.2) is 64.2 Å². The Morgan fingerprint density at radius 2 is 1.91 bits per heavy atom. The van der Waals surface area contributed by atoms with Crippen LogP contribution in [0, 0.1) is 5.92 Å². The standard InChI is InChI=1S/C25H34N4O3/c1-26-25(27-13-11-21-16-22(31-2)9-10-23(21)32-3)28-17-20-15-24(30)29(18-20)14-12-19-7-5-4-6-8-19/h4-10,16,20H,11-15,17-18H2,1-3H3,(H2,26,27,28). The van der Waals surface area contributed by atoms with E-state index in [2.05, 4.69) is 27.8 Å². The number of amides is 1. The van der Waals surface area contributed by atoms with Crippen LogP contribution in [0.2, 0.25) is 0 Å². The lowest BCUT2D eigenvalue weighted by molar-refractivity contribution is -0.127. The summed E-state index contributed by atoms with van der Waals surface area (Å²) in [5.41, 5.74) is 2.34. The molecule has 0 bridgehead atoms. The van der Waals surface area contributed by atoms with Gasteiger partial charge in [0, 0.05) is 45.6 Å². The molecule has 0 saturated carbocycles. The van der Waals surface area contributed by atoms with Crippen LogP contribution < -0.4 is 20.1 Å². The van der Waals surface area contributed by atoms with Crippen molar-refractivity contribution in [2.24, 2.45) is 10.9 Å². The van der Waals surface area contributed by atoms with Gasteiger partial charge in [0.05, 0.1) is 14.2 Å². The predicted molar refractivity (Wildman–Crippen MR) is 127 cm³/mol. The first kappa shape index (κ1) is 23.4. The average molecular weight is 439 g/mol. The van der Waals surface area contributed by atoms with Crippen molar-refractivity contribution < 1.29 is 14.3 Å². The van der Waals surface area contributed by atoms with Crippen LogP contribution >= 0.6 is 0 Å². The number of carbonyl (C=O) groups excluding carboxylic acids is 1. The first-order valence-corrected chi connectivity index (χ1v) is 11.1. The van der Waals surface area contributed by atoms with Gasteiger partial charge in [-0.15, -0.1) is 0 Å². The number of ether oxygens (including phenoxy) is 2. The number of likely N-dealkylation sites (tertiary alicyclic amines) is 1. The van der Waals surface area contributed by atoms with Gasteiger partial charge in [0.25, 0.3) is 0 Å². The number of nitrogens with one attached hydrogen (secondary N) is 2. The number of guanidine groups is 1. The fourth-order valence-electron chi connectivity index (χ4n) is 3.97. The third-order valence-corrected chi connectivity index (χ3v) is 5.76. The van der Waals surface area contributed by atoms with Gasteiger partial charge in [-0.25, -0.2) is 0 Å². The monoisotopic (exact) mass is 438 g/mol. The number of nitrogens with zero attached hydrogens (tertiary/aromatic N) is 2. The molecular weight excluding hydrogens is 404 g/mol. The summed E-state index contributed by atoms with van der Waals surface area (Å²) in [7, 11) is 5.09. The van der Waals surface area contributed by atoms with Crippen molar-refractivity contribution >= 4 is 11.9 Å². The summed E-state index contributed by atoms with van der Waals surface area (Å²) in [6.07, 6.45) is 2.25. The first-order valence-electron chi connectivity index (χ1n) is 11.1. The number of hydrogen-bond donors (Lipinski definition) is 2. The van der Waals surface area contributed by atoms with Crippen molar-refractivity contribution in [2.75, 3.05) is 47.4 Å². The molecule has 1 heterocycles. The summed E-state index contributed by atoms with van der Waals surface area (Å²) in [5, 5.41) is 6.71. The quantitative estimate of drug-likeness (QED) is 0.440. The summed E-state index contributed by atoms with van der Waals surface area (Å²) in [6, 6.07) is 16.1. The van der Waals surface area contributed by atoms with E-state index in [1.54, 1.807) is 21.3 Å². The molecule has 1 aliphatic rings. The van der Waals surface area contributed by atoms with Crippen LogP contribution in [0.25, 0.3) is 0 Å². The SMILES string of the molecule is CN=C(NCCc1cc(OC)ccc1OC)NCC1CC(=O)N(CCc2ccccc2)C1. The molecule has 172 valence electrons. The molecule has 0 aromatic heterocycles. The Kier molecular flexibility index (Phi) is 8.78. The molecule has 1 saturated heterocycles. The molecule has 0 spiro atoms. The van der Waals surface area contributed by atoms with E-state index in [4.69, 9.17) is 9.47 Å². The molecule has 1 unspecified atom stereocenters. The summed E-state index contributed by atoms with van der Waals surface area (Å²) < 4.78 is 10.8. The maximum Gasteiger partial charge on any atom is 0.223 e. The van der Waals surface area contributed by atoms with Gasteiger partial charge < -0.3 is 25.0 Å². The molecule has 0 radical (unpaired) electrons. The minimum atomic E-state index is 0.237. The second-order valence-electron chi connectivity index (χ2n) is 7.95. The number of rotatable bonds is 10. The third-order valence-electron chi connectivity index (χ3n) is 5.76. The minimum absolute atomic E-state index is 0.237. The van der Waals surface area contributed by atoms with Crippen molar-refractivity contribution in [1.29, 1.82) is 0 Å². The number of methoxy groups -OCH3 is 2. The second kappa shape index (κ2) is 12.0. The van der Waals surface area contributed by atoms with Gasteiger partial charge in [-0.2, -0.15) is 0 Å². The Labute approximate surface area is 190 Å². The van der Waals surface area contributed by atoms with Gasteiger partial charge in [0.2, 0.25) is 5.91 Å². The van der Waals surface area contributed by atoms with Crippen molar-refractivity contribution in [1.82, 2.24) is 15.5 Å². The van der Waals surface area contributed by atoms with E-state index in [0.29, 0.717) is 13.0 Å². The van der Waals surface area contributed by atoms with E-state index >= 15 is 0 Å². The summed E-state index contributed by atoms with van der Waals surface area (Å²) >= 11 is 0. The fourth-order valence-corrected chi connectivity index (χ4v) is 3.97. The molecule has 1 fully saturated rings. The van der Waals surface area contributed by atoms with Crippen molar-refractivity contribution in [2.45, 2.75) is 19.3 Å². The highest BCUT2D eigenvalue weighted by Gasteiger charge is 2.29. The smallest absolute Gasteiger partial charge is 0.223 e. The molecule has 1 aliphatic heterocycles. The zero-order valence-electron chi connectivity index (χ0n) is 19.3. The van der Waals surface area contributed by atoms with E-state index in [9.17, 15) is 4.79 Å². The highest BCUT2D eigenvalue weighted by molar-refractivity contribution is 5.80. The van der Waals surface area contributed by atoms with Gasteiger partial charge in [-0.05, 0) is 42.2 Å². The molecule has 7 heteroatoms. The van der Waals surface area contributed by atoms with Crippen LogP contribution in [0.4, 0.5) is 0 Å². The Morgan fingerprint density at radius 3 is 2.62 bits per heavy atom. The van der Waals surface area contributed by atoms with Gasteiger partial charge >= 0.3 is 0 Å². The van der Waals surface area contributed by atoms with Gasteiger partial charge in [0.1, 0.15) is 11.5 Å². The minimum Gasteiger partial charge on any atom is -0.497 e. The largest absolute Gasteiger partial charge is 0.497 e. The fraction of sp³-hybridized carbons (Fsp3) is 0.440. The summed E-state index contributed by atoms with van der Waals surface area (Å²) in [6.45, 7) is 2.98. The molecule has 3 rings (SSSR count). The summed E-state index contributed by atoms with van der Waals surface area (Å²) in [5.74, 6) is 2.92. The molecule has 32 heavy (non-hydrogen) atoms. The third kappa shape index (κ3) is 6.64. The molecule has 1 amide bonds. The maximum absolute atomic E-state index is 12.4. The van der Waals surface area contributed by atoms with E-state index in [0.717, 1.165) is 55.5 Å². The highest BCUT2D eigenvalue weighted by atomic mass is 16.5. The lowest BCUT2D eigenvalue weighted by atomic mass is 10.1. The number of benzene rings is 2. The molecular formula is C25H34N4O3. The molecule has 1 atom stereocenters. The number of carbonyl (C=O) groups is 1. The van der Waals surface area contributed by atoms with Crippen LogP contribution in [0.15, 0.2) is 53.5 Å². The van der Waals surface area contributed by atoms with E-state index < -0.39 is 0 Å². The Morgan fingerprint density at radius 1 is 1.09 bits per heavy atom.